The van der Waals surface area contributed by atoms with E-state index >= 15 is 0 Å². The Balaban J connectivity index is 2.12. The second-order valence-electron chi connectivity index (χ2n) is 11.6. The molecule has 0 fully saturated rings. The van der Waals surface area contributed by atoms with Gasteiger partial charge in [0.25, 0.3) is 5.82 Å². The van der Waals surface area contributed by atoms with E-state index in [1.165, 1.54) is 180 Å². The first-order chi connectivity index (χ1) is 17.8. The molecule has 1 heterocycles. The van der Waals surface area contributed by atoms with E-state index in [0.29, 0.717) is 0 Å². The number of rotatable bonds is 28. The van der Waals surface area contributed by atoms with E-state index in [2.05, 4.69) is 42.3 Å². The summed E-state index contributed by atoms with van der Waals surface area (Å²) in [5.41, 5.74) is 0. The molecule has 36 heavy (non-hydrogen) atoms. The smallest absolute Gasteiger partial charge is 0.234 e. The molecule has 2 heteroatoms. The van der Waals surface area contributed by atoms with Crippen LogP contribution in [-0.2, 0) is 19.5 Å². The van der Waals surface area contributed by atoms with Crippen LogP contribution in [0.15, 0.2) is 12.4 Å². The van der Waals surface area contributed by atoms with Crippen molar-refractivity contribution in [2.24, 2.45) is 0 Å². The third-order valence-corrected chi connectivity index (χ3v) is 8.10. The highest BCUT2D eigenvalue weighted by Crippen LogP contribution is 2.14. The first-order valence-electron chi connectivity index (χ1n) is 16.9. The molecule has 0 aromatic carbocycles. The van der Waals surface area contributed by atoms with Gasteiger partial charge in [-0.2, -0.15) is 0 Å². The van der Waals surface area contributed by atoms with Gasteiger partial charge in [-0.3, -0.25) is 0 Å². The number of imidazole rings is 1. The van der Waals surface area contributed by atoms with Gasteiger partial charge >= 0.3 is 0 Å². The highest BCUT2D eigenvalue weighted by Gasteiger charge is 2.16. The van der Waals surface area contributed by atoms with E-state index < -0.39 is 0 Å². The molecule has 0 atom stereocenters. The van der Waals surface area contributed by atoms with Crippen LogP contribution in [0.4, 0.5) is 0 Å². The summed E-state index contributed by atoms with van der Waals surface area (Å²) in [6.45, 7) is 9.37. The van der Waals surface area contributed by atoms with E-state index in [1.807, 2.05) is 0 Å². The van der Waals surface area contributed by atoms with Crippen LogP contribution in [-0.4, -0.2) is 4.57 Å². The van der Waals surface area contributed by atoms with Crippen molar-refractivity contribution < 1.29 is 4.57 Å². The van der Waals surface area contributed by atoms with Gasteiger partial charge in [0.05, 0.1) is 13.1 Å². The molecule has 2 nitrogen and oxygen atoms in total. The van der Waals surface area contributed by atoms with Gasteiger partial charge in [-0.25, -0.2) is 9.13 Å². The topological polar surface area (TPSA) is 8.81 Å². The first kappa shape index (κ1) is 33.2. The molecule has 0 unspecified atom stereocenters. The van der Waals surface area contributed by atoms with Crippen LogP contribution in [0, 0.1) is 0 Å². The van der Waals surface area contributed by atoms with E-state index in [-0.39, 0.29) is 0 Å². The van der Waals surface area contributed by atoms with Crippen LogP contribution >= 0.6 is 0 Å². The number of aryl methyl sites for hydroxylation is 2. The molecule has 0 radical (unpaired) electrons. The van der Waals surface area contributed by atoms with Gasteiger partial charge in [-0.05, 0) is 32.1 Å². The minimum absolute atomic E-state index is 1.22. The molecule has 0 saturated carbocycles. The highest BCUT2D eigenvalue weighted by atomic mass is 15.1. The maximum Gasteiger partial charge on any atom is 0.256 e. The predicted octanol–water partition coefficient (Wildman–Crippen LogP) is 11.1. The lowest BCUT2D eigenvalue weighted by Crippen LogP contribution is -2.37. The first-order valence-corrected chi connectivity index (χ1v) is 16.9. The van der Waals surface area contributed by atoms with Crippen molar-refractivity contribution in [3.8, 4) is 0 Å². The summed E-state index contributed by atoms with van der Waals surface area (Å²) in [7, 11) is 0. The Bertz CT molecular complexity index is 562. The molecular formula is C34H67N2+. The van der Waals surface area contributed by atoms with Crippen LogP contribution in [0.2, 0.25) is 0 Å². The summed E-state index contributed by atoms with van der Waals surface area (Å²) in [6, 6.07) is 0. The Labute approximate surface area is 228 Å². The quantitative estimate of drug-likeness (QED) is 0.0794. The molecule has 212 valence electrons. The van der Waals surface area contributed by atoms with Gasteiger partial charge in [-0.1, -0.05) is 149 Å². The molecule has 0 bridgehead atoms. The number of hydrogen-bond acceptors (Lipinski definition) is 0. The van der Waals surface area contributed by atoms with Crippen molar-refractivity contribution in [1.82, 2.24) is 4.57 Å². The normalized spacial score (nSPS) is 11.5. The largest absolute Gasteiger partial charge is 0.256 e. The fourth-order valence-corrected chi connectivity index (χ4v) is 5.62. The van der Waals surface area contributed by atoms with Crippen LogP contribution in [0.25, 0.3) is 0 Å². The van der Waals surface area contributed by atoms with Gasteiger partial charge in [0.2, 0.25) is 0 Å². The Morgan fingerprint density at radius 2 is 0.861 bits per heavy atom. The zero-order valence-corrected chi connectivity index (χ0v) is 25.3. The molecule has 0 aliphatic rings. The molecule has 1 rings (SSSR count). The Kier molecular flexibility index (Phi) is 23.9. The minimum atomic E-state index is 1.22. The zero-order chi connectivity index (χ0) is 25.9. The third-order valence-electron chi connectivity index (χ3n) is 8.10. The van der Waals surface area contributed by atoms with Crippen LogP contribution in [0.1, 0.15) is 187 Å². The van der Waals surface area contributed by atoms with Crippen LogP contribution < -0.4 is 4.57 Å². The van der Waals surface area contributed by atoms with E-state index in [4.69, 9.17) is 0 Å². The second-order valence-corrected chi connectivity index (χ2v) is 11.6. The fourth-order valence-electron chi connectivity index (χ4n) is 5.62. The maximum atomic E-state index is 2.60. The molecule has 1 aromatic heterocycles. The maximum absolute atomic E-state index is 2.60. The summed E-state index contributed by atoms with van der Waals surface area (Å²) in [5, 5.41) is 0. The highest BCUT2D eigenvalue weighted by molar-refractivity contribution is 4.84. The predicted molar refractivity (Wildman–Crippen MR) is 161 cm³/mol. The third kappa shape index (κ3) is 18.5. The van der Waals surface area contributed by atoms with Gasteiger partial charge in [-0.15, -0.1) is 0 Å². The fraction of sp³-hybridized carbons (Fsp3) is 0.912. The van der Waals surface area contributed by atoms with E-state index in [1.54, 1.807) is 5.82 Å². The average Bonchev–Trinajstić information content (AvgIpc) is 3.27. The zero-order valence-electron chi connectivity index (χ0n) is 25.3. The van der Waals surface area contributed by atoms with Gasteiger partial charge in [0.15, 0.2) is 0 Å². The summed E-state index contributed by atoms with van der Waals surface area (Å²) >= 11 is 0. The van der Waals surface area contributed by atoms with Crippen molar-refractivity contribution in [3.63, 3.8) is 0 Å². The monoisotopic (exact) mass is 504 g/mol. The van der Waals surface area contributed by atoms with Crippen molar-refractivity contribution >= 4 is 0 Å². The van der Waals surface area contributed by atoms with Crippen LogP contribution in [0.5, 0.6) is 0 Å². The molecule has 0 aliphatic heterocycles. The minimum Gasteiger partial charge on any atom is -0.234 e. The lowest BCUT2D eigenvalue weighted by atomic mass is 10.0. The molecular weight excluding hydrogens is 436 g/mol. The van der Waals surface area contributed by atoms with Crippen molar-refractivity contribution in [3.05, 3.63) is 18.2 Å². The summed E-state index contributed by atoms with van der Waals surface area (Å²) in [5.74, 6) is 1.60. The Morgan fingerprint density at radius 3 is 1.33 bits per heavy atom. The van der Waals surface area contributed by atoms with Gasteiger partial charge in [0.1, 0.15) is 12.4 Å². The second kappa shape index (κ2) is 25.8. The number of hydrogen-bond donors (Lipinski definition) is 0. The van der Waals surface area contributed by atoms with Gasteiger partial charge < -0.3 is 0 Å². The molecule has 0 spiro atoms. The van der Waals surface area contributed by atoms with Crippen LogP contribution in [0.3, 0.4) is 0 Å². The standard InChI is InChI=1S/C34H67N2/c1-4-7-10-13-14-15-16-17-18-19-20-21-22-23-25-28-31-36-33-32-35(30-27-12-9-6-3)34(36)29-26-24-11-8-5-2/h32-33H,4-31H2,1-3H3/q+1. The molecule has 0 amide bonds. The Morgan fingerprint density at radius 1 is 0.472 bits per heavy atom. The number of nitrogens with zero attached hydrogens (tertiary/aromatic N) is 2. The lowest BCUT2D eigenvalue weighted by Gasteiger charge is -2.07. The number of aromatic nitrogens is 2. The number of unbranched alkanes of at least 4 members (excludes halogenated alkanes) is 22. The lowest BCUT2D eigenvalue weighted by molar-refractivity contribution is -0.704. The van der Waals surface area contributed by atoms with Crippen molar-refractivity contribution in [2.75, 3.05) is 0 Å². The summed E-state index contributed by atoms with van der Waals surface area (Å²) in [6.07, 6.45) is 41.5. The molecule has 0 aliphatic carbocycles. The van der Waals surface area contributed by atoms with Gasteiger partial charge in [0, 0.05) is 6.42 Å². The van der Waals surface area contributed by atoms with E-state index in [9.17, 15) is 0 Å². The molecule has 0 N–H and O–H groups in total. The molecule has 0 saturated heterocycles. The summed E-state index contributed by atoms with van der Waals surface area (Å²) < 4.78 is 5.19. The van der Waals surface area contributed by atoms with Crippen molar-refractivity contribution in [2.45, 2.75) is 201 Å². The summed E-state index contributed by atoms with van der Waals surface area (Å²) in [4.78, 5) is 0. The van der Waals surface area contributed by atoms with Crippen molar-refractivity contribution in [1.29, 1.82) is 0 Å². The SMILES string of the molecule is CCCCCCCCCCCCCCCCCC[n+]1ccn(CCCCCC)c1CCCCCCC. The molecule has 1 aromatic rings. The van der Waals surface area contributed by atoms with E-state index in [0.717, 1.165) is 0 Å². The Hall–Kier alpha value is -0.790. The average molecular weight is 504 g/mol.